The maximum absolute atomic E-state index is 12.2. The smallest absolute Gasteiger partial charge is 0.303 e. The van der Waals surface area contributed by atoms with E-state index in [1.54, 1.807) is 0 Å². The van der Waals surface area contributed by atoms with Crippen molar-refractivity contribution in [2.24, 2.45) is 5.92 Å². The summed E-state index contributed by atoms with van der Waals surface area (Å²) in [6.45, 7) is 2.57. The molecule has 1 atom stereocenters. The molecule has 2 amide bonds. The Hall–Kier alpha value is -2.57. The minimum atomic E-state index is -0.732. The van der Waals surface area contributed by atoms with Crippen LogP contribution in [0.1, 0.15) is 31.2 Å². The highest BCUT2D eigenvalue weighted by molar-refractivity contribution is 6.02. The van der Waals surface area contributed by atoms with E-state index in [2.05, 4.69) is 27.2 Å². The number of fused-ring (bicyclic) bond motifs is 1. The van der Waals surface area contributed by atoms with E-state index in [4.69, 9.17) is 5.11 Å². The number of piperidine rings is 1. The molecule has 0 spiro atoms. The fourth-order valence-corrected chi connectivity index (χ4v) is 4.32. The third-order valence-corrected chi connectivity index (χ3v) is 5.69. The predicted molar refractivity (Wildman–Crippen MR) is 96.2 cm³/mol. The molecule has 0 saturated carbocycles. The number of aliphatic carboxylic acids is 1. The van der Waals surface area contributed by atoms with Crippen LogP contribution >= 0.6 is 0 Å². The number of carbonyl (C=O) groups is 3. The number of rotatable bonds is 5. The molecule has 0 aliphatic carbocycles. The normalized spacial score (nSPS) is 22.8. The van der Waals surface area contributed by atoms with Crippen LogP contribution in [-0.2, 0) is 20.8 Å². The van der Waals surface area contributed by atoms with Crippen LogP contribution in [0.5, 0.6) is 0 Å². The van der Waals surface area contributed by atoms with Crippen molar-refractivity contribution >= 4 is 29.2 Å². The molecule has 7 nitrogen and oxygen atoms in total. The summed E-state index contributed by atoms with van der Waals surface area (Å²) in [5, 5.41) is 11.3. The number of carboxylic acids is 1. The molecule has 2 saturated heterocycles. The van der Waals surface area contributed by atoms with Crippen molar-refractivity contribution in [2.45, 2.75) is 38.1 Å². The van der Waals surface area contributed by atoms with Gasteiger partial charge in [-0.3, -0.25) is 19.7 Å². The van der Waals surface area contributed by atoms with Crippen LogP contribution in [0, 0.1) is 5.92 Å². The first-order valence-corrected chi connectivity index (χ1v) is 9.22. The van der Waals surface area contributed by atoms with Gasteiger partial charge in [0, 0.05) is 49.4 Å². The summed E-state index contributed by atoms with van der Waals surface area (Å²) in [6.07, 6.45) is 2.80. The Morgan fingerprint density at radius 2 is 1.96 bits per heavy atom. The number of carbonyl (C=O) groups excluding carboxylic acids is 2. The summed E-state index contributed by atoms with van der Waals surface area (Å²) in [6, 6.07) is 5.91. The highest BCUT2D eigenvalue weighted by Gasteiger charge is 2.37. The second kappa shape index (κ2) is 6.63. The molecule has 2 N–H and O–H groups in total. The van der Waals surface area contributed by atoms with Crippen LogP contribution in [0.2, 0.25) is 0 Å². The molecule has 1 aromatic carbocycles. The molecule has 4 rings (SSSR count). The highest BCUT2D eigenvalue weighted by Crippen LogP contribution is 2.40. The van der Waals surface area contributed by atoms with E-state index in [1.807, 2.05) is 6.07 Å². The fourth-order valence-electron chi connectivity index (χ4n) is 4.32. The van der Waals surface area contributed by atoms with Gasteiger partial charge in [-0.25, -0.2) is 0 Å². The quantitative estimate of drug-likeness (QED) is 0.769. The van der Waals surface area contributed by atoms with Gasteiger partial charge in [0.25, 0.3) is 0 Å². The summed E-state index contributed by atoms with van der Waals surface area (Å²) < 4.78 is 0. The topological polar surface area (TPSA) is 89.9 Å². The minimum absolute atomic E-state index is 0.188. The van der Waals surface area contributed by atoms with E-state index in [0.717, 1.165) is 38.2 Å². The first-order chi connectivity index (χ1) is 12.5. The van der Waals surface area contributed by atoms with Crippen LogP contribution in [0.15, 0.2) is 18.2 Å². The van der Waals surface area contributed by atoms with Gasteiger partial charge in [-0.1, -0.05) is 6.07 Å². The molecule has 7 heteroatoms. The van der Waals surface area contributed by atoms with E-state index in [1.165, 1.54) is 11.3 Å². The Bertz CT molecular complexity index is 757. The molecule has 0 unspecified atom stereocenters. The monoisotopic (exact) mass is 357 g/mol. The number of hydrogen-bond acceptors (Lipinski definition) is 5. The van der Waals surface area contributed by atoms with Gasteiger partial charge in [-0.2, -0.15) is 0 Å². The maximum atomic E-state index is 12.2. The second-order valence-corrected chi connectivity index (χ2v) is 7.39. The molecule has 1 aromatic rings. The first kappa shape index (κ1) is 16.9. The summed E-state index contributed by atoms with van der Waals surface area (Å²) in [4.78, 5) is 38.8. The summed E-state index contributed by atoms with van der Waals surface area (Å²) >= 11 is 0. The Balaban J connectivity index is 1.47. The molecule has 0 aromatic heterocycles. The van der Waals surface area contributed by atoms with E-state index >= 15 is 0 Å². The van der Waals surface area contributed by atoms with Gasteiger partial charge in [-0.05, 0) is 37.3 Å². The molecule has 0 bridgehead atoms. The lowest BCUT2D eigenvalue weighted by atomic mass is 9.93. The fraction of sp³-hybridized carbons (Fsp3) is 0.526. The van der Waals surface area contributed by atoms with Crippen molar-refractivity contribution in [3.63, 3.8) is 0 Å². The third kappa shape index (κ3) is 3.02. The van der Waals surface area contributed by atoms with Crippen molar-refractivity contribution < 1.29 is 19.5 Å². The summed E-state index contributed by atoms with van der Waals surface area (Å²) in [5.74, 6) is -0.678. The van der Waals surface area contributed by atoms with Crippen LogP contribution in [0.3, 0.4) is 0 Å². The molecule has 3 aliphatic heterocycles. The number of nitrogens with one attached hydrogen (secondary N) is 1. The van der Waals surface area contributed by atoms with Crippen molar-refractivity contribution in [3.05, 3.63) is 23.8 Å². The average Bonchev–Trinajstić information content (AvgIpc) is 2.98. The Labute approximate surface area is 152 Å². The van der Waals surface area contributed by atoms with E-state index in [-0.39, 0.29) is 24.3 Å². The zero-order valence-electron chi connectivity index (χ0n) is 14.6. The maximum Gasteiger partial charge on any atom is 0.303 e. The van der Waals surface area contributed by atoms with Crippen LogP contribution in [0.4, 0.5) is 11.4 Å². The average molecular weight is 357 g/mol. The minimum Gasteiger partial charge on any atom is -0.481 e. The van der Waals surface area contributed by atoms with Gasteiger partial charge in [0.05, 0.1) is 0 Å². The molecule has 3 aliphatic rings. The van der Waals surface area contributed by atoms with Gasteiger partial charge in [0.15, 0.2) is 0 Å². The lowest BCUT2D eigenvalue weighted by molar-refractivity contribution is -0.137. The van der Waals surface area contributed by atoms with Crippen molar-refractivity contribution in [1.29, 1.82) is 0 Å². The number of carboxylic acid groups (broad SMARTS) is 1. The molecule has 138 valence electrons. The SMILES string of the molecule is O=C(O)CCC1CN(c2cccc3c2CCN3[C@@H]2CCC(=O)NC2=O)C1. The summed E-state index contributed by atoms with van der Waals surface area (Å²) in [7, 11) is 0. The molecular formula is C19H23N3O4. The van der Waals surface area contributed by atoms with E-state index < -0.39 is 5.97 Å². The second-order valence-electron chi connectivity index (χ2n) is 7.39. The third-order valence-electron chi connectivity index (χ3n) is 5.69. The largest absolute Gasteiger partial charge is 0.481 e. The van der Waals surface area contributed by atoms with E-state index in [0.29, 0.717) is 18.8 Å². The van der Waals surface area contributed by atoms with Crippen LogP contribution < -0.4 is 15.1 Å². The highest BCUT2D eigenvalue weighted by atomic mass is 16.4. The lowest BCUT2D eigenvalue weighted by Crippen LogP contribution is -2.52. The number of amides is 2. The van der Waals surface area contributed by atoms with Gasteiger partial charge in [0.1, 0.15) is 6.04 Å². The molecule has 3 heterocycles. The molecule has 26 heavy (non-hydrogen) atoms. The molecular weight excluding hydrogens is 334 g/mol. The zero-order valence-corrected chi connectivity index (χ0v) is 14.6. The van der Waals surface area contributed by atoms with Crippen LogP contribution in [0.25, 0.3) is 0 Å². The number of imide groups is 1. The van der Waals surface area contributed by atoms with Crippen LogP contribution in [-0.4, -0.2) is 48.6 Å². The van der Waals surface area contributed by atoms with Gasteiger partial charge < -0.3 is 14.9 Å². The Kier molecular flexibility index (Phi) is 4.30. The van der Waals surface area contributed by atoms with Crippen molar-refractivity contribution in [3.8, 4) is 0 Å². The Morgan fingerprint density at radius 3 is 2.69 bits per heavy atom. The Morgan fingerprint density at radius 1 is 1.19 bits per heavy atom. The van der Waals surface area contributed by atoms with Crippen molar-refractivity contribution in [2.75, 3.05) is 29.4 Å². The van der Waals surface area contributed by atoms with E-state index in [9.17, 15) is 14.4 Å². The number of hydrogen-bond donors (Lipinski definition) is 2. The van der Waals surface area contributed by atoms with Gasteiger partial charge >= 0.3 is 5.97 Å². The van der Waals surface area contributed by atoms with Gasteiger partial charge in [-0.15, -0.1) is 0 Å². The lowest BCUT2D eigenvalue weighted by Gasteiger charge is -2.42. The number of nitrogens with zero attached hydrogens (tertiary/aromatic N) is 2. The first-order valence-electron chi connectivity index (χ1n) is 9.22. The van der Waals surface area contributed by atoms with Crippen molar-refractivity contribution in [1.82, 2.24) is 5.32 Å². The molecule has 2 fully saturated rings. The zero-order chi connectivity index (χ0) is 18.3. The number of anilines is 2. The predicted octanol–water partition coefficient (Wildman–Crippen LogP) is 1.16. The standard InChI is InChI=1S/C19H23N3O4/c23-17-6-5-16(19(26)20-17)22-9-8-13-14(2-1-3-15(13)22)21-10-12(11-21)4-7-18(24)25/h1-3,12,16H,4-11H2,(H,24,25)(H,20,23,26)/t16-/m1/s1. The molecule has 0 radical (unpaired) electrons. The summed E-state index contributed by atoms with van der Waals surface area (Å²) in [5.41, 5.74) is 3.55. The van der Waals surface area contributed by atoms with Gasteiger partial charge in [0.2, 0.25) is 11.8 Å². The number of benzene rings is 1.